The van der Waals surface area contributed by atoms with Crippen LogP contribution in [0, 0.1) is 0 Å². The quantitative estimate of drug-likeness (QED) is 0.740. The molecule has 0 amide bonds. The molecular formula is C7H9F6NO2S. The zero-order valence-electron chi connectivity index (χ0n) is 8.35. The van der Waals surface area contributed by atoms with Crippen molar-refractivity contribution < 1.29 is 34.8 Å². The smallest absolute Gasteiger partial charge is 0.206 e. The molecule has 17 heavy (non-hydrogen) atoms. The highest BCUT2D eigenvalue weighted by Gasteiger charge is 2.72. The molecule has 0 aliphatic carbocycles. The first kappa shape index (κ1) is 14.6. The lowest BCUT2D eigenvalue weighted by molar-refractivity contribution is -0.226. The zero-order chi connectivity index (χ0) is 13.5. The maximum Gasteiger partial charge on any atom is 0.426 e. The highest BCUT2D eigenvalue weighted by atomic mass is 32.2. The molecule has 1 aliphatic heterocycles. The Labute approximate surface area is 93.4 Å². The van der Waals surface area contributed by atoms with Crippen LogP contribution in [0.15, 0.2) is 0 Å². The Balaban J connectivity index is 3.12. The van der Waals surface area contributed by atoms with Crippen molar-refractivity contribution >= 4 is 10.0 Å². The van der Waals surface area contributed by atoms with Gasteiger partial charge in [0.1, 0.15) is 0 Å². The van der Waals surface area contributed by atoms with Crippen molar-refractivity contribution in [3.05, 3.63) is 0 Å². The molecule has 0 N–H and O–H groups in total. The fraction of sp³-hybridized carbons (Fsp3) is 1.00. The molecule has 0 aromatic carbocycles. The summed E-state index contributed by atoms with van der Waals surface area (Å²) in [6, 6.07) is 0. The maximum atomic E-state index is 13.0. The number of rotatable bonds is 4. The van der Waals surface area contributed by atoms with Crippen molar-refractivity contribution in [1.29, 1.82) is 0 Å². The van der Waals surface area contributed by atoms with Gasteiger partial charge < -0.3 is 0 Å². The van der Waals surface area contributed by atoms with Crippen LogP contribution in [0.5, 0.6) is 0 Å². The van der Waals surface area contributed by atoms with Gasteiger partial charge in [0, 0.05) is 13.1 Å². The second-order valence-electron chi connectivity index (χ2n) is 3.55. The summed E-state index contributed by atoms with van der Waals surface area (Å²) < 4.78 is 97.3. The molecule has 1 heterocycles. The molecule has 0 aromatic rings. The van der Waals surface area contributed by atoms with E-state index in [0.717, 1.165) is 0 Å². The lowest BCUT2D eigenvalue weighted by atomic mass is 10.4. The van der Waals surface area contributed by atoms with Gasteiger partial charge in [0.2, 0.25) is 0 Å². The van der Waals surface area contributed by atoms with Crippen LogP contribution >= 0.6 is 0 Å². The van der Waals surface area contributed by atoms with Crippen molar-refractivity contribution in [1.82, 2.24) is 4.31 Å². The van der Waals surface area contributed by atoms with Crippen LogP contribution in [0.4, 0.5) is 26.3 Å². The monoisotopic (exact) mass is 285 g/mol. The molecule has 1 saturated heterocycles. The van der Waals surface area contributed by atoms with E-state index in [9.17, 15) is 34.8 Å². The zero-order valence-corrected chi connectivity index (χ0v) is 9.16. The van der Waals surface area contributed by atoms with Gasteiger partial charge in [-0.3, -0.25) is 0 Å². The molecule has 1 fully saturated rings. The van der Waals surface area contributed by atoms with E-state index in [4.69, 9.17) is 0 Å². The Kier molecular flexibility index (Phi) is 3.68. The third-order valence-electron chi connectivity index (χ3n) is 2.39. The lowest BCUT2D eigenvalue weighted by Gasteiger charge is -2.28. The number of hydrogen-bond donors (Lipinski definition) is 0. The third-order valence-corrected chi connectivity index (χ3v) is 4.36. The van der Waals surface area contributed by atoms with E-state index in [0.29, 0.717) is 0 Å². The minimum absolute atomic E-state index is 0.114. The fourth-order valence-corrected chi connectivity index (χ4v) is 2.89. The van der Waals surface area contributed by atoms with Gasteiger partial charge in [0.05, 0.1) is 0 Å². The summed E-state index contributed by atoms with van der Waals surface area (Å²) in [6.07, 6.45) is -4.29. The number of nitrogens with zero attached hydrogens (tertiary/aromatic N) is 1. The van der Waals surface area contributed by atoms with E-state index in [-0.39, 0.29) is 30.2 Å². The fourth-order valence-electron chi connectivity index (χ4n) is 1.39. The summed E-state index contributed by atoms with van der Waals surface area (Å²) in [5.41, 5.74) is 0. The van der Waals surface area contributed by atoms with Crippen LogP contribution < -0.4 is 0 Å². The van der Waals surface area contributed by atoms with Crippen molar-refractivity contribution in [2.24, 2.45) is 0 Å². The van der Waals surface area contributed by atoms with Gasteiger partial charge in [-0.05, 0) is 12.8 Å². The largest absolute Gasteiger partial charge is 0.426 e. The van der Waals surface area contributed by atoms with Gasteiger partial charge >= 0.3 is 17.6 Å². The molecule has 0 aromatic heterocycles. The molecule has 102 valence electrons. The van der Waals surface area contributed by atoms with Crippen molar-refractivity contribution in [3.63, 3.8) is 0 Å². The molecule has 10 heteroatoms. The number of halogens is 6. The van der Waals surface area contributed by atoms with E-state index in [1.165, 1.54) is 0 Å². The van der Waals surface area contributed by atoms with E-state index in [1.54, 1.807) is 0 Å². The van der Waals surface area contributed by atoms with Crippen molar-refractivity contribution in [2.45, 2.75) is 30.4 Å². The summed E-state index contributed by atoms with van der Waals surface area (Å²) in [5.74, 6) is -5.91. The summed E-state index contributed by atoms with van der Waals surface area (Å²) in [4.78, 5) is 0. The van der Waals surface area contributed by atoms with Gasteiger partial charge in [-0.2, -0.15) is 21.9 Å². The number of hydrogen-bond acceptors (Lipinski definition) is 2. The lowest BCUT2D eigenvalue weighted by Crippen LogP contribution is -2.55. The molecule has 1 aliphatic rings. The minimum Gasteiger partial charge on any atom is -0.206 e. The molecule has 0 saturated carbocycles. The van der Waals surface area contributed by atoms with E-state index < -0.39 is 27.6 Å². The second-order valence-corrected chi connectivity index (χ2v) is 5.53. The van der Waals surface area contributed by atoms with Crippen LogP contribution in [-0.4, -0.2) is 43.4 Å². The third kappa shape index (κ3) is 2.12. The van der Waals surface area contributed by atoms with E-state index >= 15 is 0 Å². The van der Waals surface area contributed by atoms with E-state index in [1.807, 2.05) is 0 Å². The SMILES string of the molecule is O=S(=O)(N1CCCC1)C(F)(F)C(F)(F)C(F)F. The maximum absolute atomic E-state index is 13.0. The normalized spacial score (nSPS) is 20.2. The van der Waals surface area contributed by atoms with E-state index in [2.05, 4.69) is 0 Å². The van der Waals surface area contributed by atoms with Crippen LogP contribution in [0.1, 0.15) is 12.8 Å². The number of sulfonamides is 1. The first-order valence-electron chi connectivity index (χ1n) is 4.58. The van der Waals surface area contributed by atoms with Crippen LogP contribution in [0.25, 0.3) is 0 Å². The molecule has 0 unspecified atom stereocenters. The molecule has 0 atom stereocenters. The average Bonchev–Trinajstić information content (AvgIpc) is 2.69. The Bertz CT molecular complexity index is 376. The predicted molar refractivity (Wildman–Crippen MR) is 45.6 cm³/mol. The van der Waals surface area contributed by atoms with Crippen molar-refractivity contribution in [2.75, 3.05) is 13.1 Å². The summed E-state index contributed by atoms with van der Waals surface area (Å²) in [5, 5.41) is -5.81. The van der Waals surface area contributed by atoms with Gasteiger partial charge in [0.25, 0.3) is 10.0 Å². The first-order valence-corrected chi connectivity index (χ1v) is 6.02. The van der Waals surface area contributed by atoms with Gasteiger partial charge in [-0.1, -0.05) is 0 Å². The predicted octanol–water partition coefficient (Wildman–Crippen LogP) is 1.91. The van der Waals surface area contributed by atoms with Crippen molar-refractivity contribution in [3.8, 4) is 0 Å². The average molecular weight is 285 g/mol. The standard InChI is InChI=1S/C7H9F6NO2S/c8-5(9)6(10,11)7(12,13)17(15,16)14-3-1-2-4-14/h5H,1-4H2. The Morgan fingerprint density at radius 2 is 1.41 bits per heavy atom. The Morgan fingerprint density at radius 3 is 1.76 bits per heavy atom. The highest BCUT2D eigenvalue weighted by Crippen LogP contribution is 2.44. The van der Waals surface area contributed by atoms with Gasteiger partial charge in [0.15, 0.2) is 0 Å². The van der Waals surface area contributed by atoms with Crippen LogP contribution in [0.3, 0.4) is 0 Å². The molecular weight excluding hydrogens is 276 g/mol. The summed E-state index contributed by atoms with van der Waals surface area (Å²) in [7, 11) is -5.77. The summed E-state index contributed by atoms with van der Waals surface area (Å²) in [6.45, 7) is -0.728. The Hall–Kier alpha value is -0.510. The first-order chi connectivity index (χ1) is 7.55. The Morgan fingerprint density at radius 1 is 1.00 bits per heavy atom. The van der Waals surface area contributed by atoms with Crippen LogP contribution in [-0.2, 0) is 10.0 Å². The minimum atomic E-state index is -5.91. The molecule has 0 spiro atoms. The summed E-state index contributed by atoms with van der Waals surface area (Å²) >= 11 is 0. The number of alkyl halides is 6. The van der Waals surface area contributed by atoms with Crippen LogP contribution in [0.2, 0.25) is 0 Å². The van der Waals surface area contributed by atoms with Gasteiger partial charge in [-0.25, -0.2) is 17.2 Å². The molecule has 0 bridgehead atoms. The van der Waals surface area contributed by atoms with Gasteiger partial charge in [-0.15, -0.1) is 0 Å². The highest BCUT2D eigenvalue weighted by molar-refractivity contribution is 7.90. The molecule has 3 nitrogen and oxygen atoms in total. The molecule has 0 radical (unpaired) electrons. The molecule has 1 rings (SSSR count). The second kappa shape index (κ2) is 4.30. The topological polar surface area (TPSA) is 37.4 Å².